The predicted molar refractivity (Wildman–Crippen MR) is 129 cm³/mol. The number of aliphatic hydroxyl groups is 1. The molecule has 1 aromatic heterocycles. The first kappa shape index (κ1) is 24.4. The minimum Gasteiger partial charge on any atom is -0.478 e. The van der Waals surface area contributed by atoms with Crippen LogP contribution in [-0.4, -0.2) is 33.0 Å². The molecule has 0 saturated carbocycles. The Morgan fingerprint density at radius 1 is 1.03 bits per heavy atom. The van der Waals surface area contributed by atoms with Gasteiger partial charge in [-0.25, -0.2) is 9.78 Å². The number of carbonyl (C=O) groups is 1. The summed E-state index contributed by atoms with van der Waals surface area (Å²) in [5, 5.41) is 19.3. The van der Waals surface area contributed by atoms with Crippen LogP contribution < -0.4 is 5.73 Å². The molecule has 7 nitrogen and oxygen atoms in total. The molecule has 1 aliphatic rings. The van der Waals surface area contributed by atoms with Gasteiger partial charge in [0.2, 0.25) is 0 Å². The van der Waals surface area contributed by atoms with Crippen molar-refractivity contribution in [3.05, 3.63) is 94.7 Å². The van der Waals surface area contributed by atoms with Crippen LogP contribution in [0.5, 0.6) is 0 Å². The molecular formula is C26H28N2O5S. The molecule has 4 atom stereocenters. The Bertz CT molecular complexity index is 1110. The molecule has 8 heteroatoms. The smallest absolute Gasteiger partial charge is 0.338 e. The summed E-state index contributed by atoms with van der Waals surface area (Å²) in [4.78, 5) is 15.8. The lowest BCUT2D eigenvalue weighted by molar-refractivity contribution is -0.268. The van der Waals surface area contributed by atoms with E-state index in [-0.39, 0.29) is 30.3 Å². The Morgan fingerprint density at radius 2 is 1.71 bits per heavy atom. The summed E-state index contributed by atoms with van der Waals surface area (Å²) in [7, 11) is 0. The van der Waals surface area contributed by atoms with Crippen LogP contribution in [0.1, 0.15) is 51.9 Å². The van der Waals surface area contributed by atoms with Crippen LogP contribution >= 0.6 is 11.8 Å². The zero-order valence-corrected chi connectivity index (χ0v) is 19.7. The quantitative estimate of drug-likeness (QED) is 0.409. The van der Waals surface area contributed by atoms with Crippen molar-refractivity contribution in [1.29, 1.82) is 0 Å². The van der Waals surface area contributed by atoms with Gasteiger partial charge in [-0.05, 0) is 28.8 Å². The van der Waals surface area contributed by atoms with Gasteiger partial charge in [0.1, 0.15) is 5.03 Å². The Kier molecular flexibility index (Phi) is 7.97. The van der Waals surface area contributed by atoms with E-state index in [1.807, 2.05) is 48.5 Å². The summed E-state index contributed by atoms with van der Waals surface area (Å²) >= 11 is 1.37. The molecular weight excluding hydrogens is 452 g/mol. The van der Waals surface area contributed by atoms with Crippen molar-refractivity contribution in [1.82, 2.24) is 4.98 Å². The van der Waals surface area contributed by atoms with Crippen molar-refractivity contribution in [2.24, 2.45) is 11.7 Å². The lowest BCUT2D eigenvalue weighted by Gasteiger charge is -2.41. The number of carboxylic acid groups (broad SMARTS) is 1. The highest BCUT2D eigenvalue weighted by Gasteiger charge is 2.38. The van der Waals surface area contributed by atoms with Gasteiger partial charge in [0, 0.05) is 30.0 Å². The van der Waals surface area contributed by atoms with Gasteiger partial charge in [-0.3, -0.25) is 0 Å². The molecule has 3 aromatic rings. The average Bonchev–Trinajstić information content (AvgIpc) is 2.88. The fraction of sp³-hybridized carbons (Fsp3) is 0.308. The largest absolute Gasteiger partial charge is 0.478 e. The zero-order valence-electron chi connectivity index (χ0n) is 18.8. The number of hydrogen-bond acceptors (Lipinski definition) is 7. The average molecular weight is 481 g/mol. The lowest BCUT2D eigenvalue weighted by atomic mass is 9.91. The van der Waals surface area contributed by atoms with E-state index < -0.39 is 12.3 Å². The molecule has 0 unspecified atom stereocenters. The summed E-state index contributed by atoms with van der Waals surface area (Å²) in [6.45, 7) is 2.51. The number of ether oxygens (including phenoxy) is 2. The van der Waals surface area contributed by atoms with E-state index >= 15 is 0 Å². The van der Waals surface area contributed by atoms with Crippen molar-refractivity contribution >= 4 is 17.7 Å². The highest BCUT2D eigenvalue weighted by Crippen LogP contribution is 2.43. The maximum absolute atomic E-state index is 11.6. The van der Waals surface area contributed by atoms with Gasteiger partial charge in [0.15, 0.2) is 6.29 Å². The summed E-state index contributed by atoms with van der Waals surface area (Å²) in [5.74, 6) is -0.495. The topological polar surface area (TPSA) is 115 Å². The molecule has 34 heavy (non-hydrogen) atoms. The van der Waals surface area contributed by atoms with E-state index in [2.05, 4.69) is 11.9 Å². The van der Waals surface area contributed by atoms with Crippen LogP contribution in [0.4, 0.5) is 0 Å². The standard InChI is InChI=1S/C26H28N2O5S/c1-16-22(15-34-24-21(25(30)31)3-2-12-28-24)32-26(20-10-4-17(13-27)5-11-20)33-23(16)19-8-6-18(14-29)7-9-19/h2-12,16,22-23,26,29H,13-15,27H2,1H3,(H,30,31)/t16-,22+,23+,26+/m1/s1. The van der Waals surface area contributed by atoms with Crippen LogP contribution in [0.3, 0.4) is 0 Å². The molecule has 4 N–H and O–H groups in total. The number of aromatic nitrogens is 1. The molecule has 0 spiro atoms. The van der Waals surface area contributed by atoms with Gasteiger partial charge in [0.25, 0.3) is 0 Å². The second kappa shape index (κ2) is 11.1. The Morgan fingerprint density at radius 3 is 2.35 bits per heavy atom. The van der Waals surface area contributed by atoms with E-state index in [4.69, 9.17) is 15.2 Å². The Labute approximate surface area is 202 Å². The first-order valence-electron chi connectivity index (χ1n) is 11.1. The molecule has 1 aliphatic heterocycles. The third kappa shape index (κ3) is 5.48. The summed E-state index contributed by atoms with van der Waals surface area (Å²) in [6.07, 6.45) is 0.549. The van der Waals surface area contributed by atoms with Crippen LogP contribution in [0.15, 0.2) is 71.9 Å². The zero-order chi connectivity index (χ0) is 24.1. The molecule has 2 aromatic carbocycles. The van der Waals surface area contributed by atoms with Crippen LogP contribution in [0.2, 0.25) is 0 Å². The molecule has 2 heterocycles. The number of hydrogen-bond donors (Lipinski definition) is 3. The van der Waals surface area contributed by atoms with Crippen molar-refractivity contribution in [2.45, 2.75) is 43.6 Å². The van der Waals surface area contributed by atoms with Gasteiger partial charge in [-0.2, -0.15) is 0 Å². The van der Waals surface area contributed by atoms with E-state index in [0.29, 0.717) is 17.3 Å². The number of pyridine rings is 1. The second-order valence-electron chi connectivity index (χ2n) is 8.24. The summed E-state index contributed by atoms with van der Waals surface area (Å²) in [6, 6.07) is 18.7. The lowest BCUT2D eigenvalue weighted by Crippen LogP contribution is -2.38. The maximum atomic E-state index is 11.6. The van der Waals surface area contributed by atoms with Gasteiger partial charge in [-0.1, -0.05) is 55.5 Å². The normalized spacial score (nSPS) is 22.4. The first-order chi connectivity index (χ1) is 16.5. The fourth-order valence-electron chi connectivity index (χ4n) is 3.95. The number of thioether (sulfide) groups is 1. The predicted octanol–water partition coefficient (Wildman–Crippen LogP) is 4.31. The van der Waals surface area contributed by atoms with Crippen LogP contribution in [-0.2, 0) is 22.6 Å². The number of rotatable bonds is 8. The van der Waals surface area contributed by atoms with Gasteiger partial charge in [-0.15, -0.1) is 11.8 Å². The minimum absolute atomic E-state index is 0.0102. The summed E-state index contributed by atoms with van der Waals surface area (Å²) in [5.41, 5.74) is 9.66. The highest BCUT2D eigenvalue weighted by molar-refractivity contribution is 7.99. The monoisotopic (exact) mass is 480 g/mol. The number of nitrogens with two attached hydrogens (primary N) is 1. The fourth-order valence-corrected chi connectivity index (χ4v) is 5.10. The van der Waals surface area contributed by atoms with E-state index in [0.717, 1.165) is 22.3 Å². The first-order valence-corrected chi connectivity index (χ1v) is 12.1. The highest BCUT2D eigenvalue weighted by atomic mass is 32.2. The number of aromatic carboxylic acids is 1. The molecule has 0 amide bonds. The SMILES string of the molecule is C[C@@H]1[C@H](CSc2ncccc2C(=O)O)O[C@H](c2ccc(CN)cc2)O[C@@H]1c1ccc(CO)cc1. The van der Waals surface area contributed by atoms with Crippen LogP contribution in [0, 0.1) is 5.92 Å². The minimum atomic E-state index is -1.00. The van der Waals surface area contributed by atoms with Crippen molar-refractivity contribution in [3.8, 4) is 0 Å². The van der Waals surface area contributed by atoms with Crippen molar-refractivity contribution in [3.63, 3.8) is 0 Å². The van der Waals surface area contributed by atoms with Crippen molar-refractivity contribution < 1.29 is 24.5 Å². The second-order valence-corrected chi connectivity index (χ2v) is 9.25. The molecule has 0 aliphatic carbocycles. The van der Waals surface area contributed by atoms with E-state index in [1.165, 1.54) is 11.8 Å². The van der Waals surface area contributed by atoms with Crippen LogP contribution in [0.25, 0.3) is 0 Å². The van der Waals surface area contributed by atoms with Gasteiger partial charge >= 0.3 is 5.97 Å². The maximum Gasteiger partial charge on any atom is 0.338 e. The van der Waals surface area contributed by atoms with E-state index in [1.54, 1.807) is 18.3 Å². The number of nitrogens with zero attached hydrogens (tertiary/aromatic N) is 1. The third-order valence-corrected chi connectivity index (χ3v) is 7.09. The number of benzene rings is 2. The third-order valence-electron chi connectivity index (χ3n) is 6.00. The van der Waals surface area contributed by atoms with E-state index in [9.17, 15) is 15.0 Å². The number of carboxylic acids is 1. The molecule has 178 valence electrons. The molecule has 0 bridgehead atoms. The molecule has 0 radical (unpaired) electrons. The Hall–Kier alpha value is -2.75. The van der Waals surface area contributed by atoms with Crippen molar-refractivity contribution in [2.75, 3.05) is 5.75 Å². The number of aliphatic hydroxyl groups excluding tert-OH is 1. The molecule has 1 saturated heterocycles. The van der Waals surface area contributed by atoms with Gasteiger partial charge < -0.3 is 25.4 Å². The molecule has 1 fully saturated rings. The Balaban J connectivity index is 1.60. The molecule has 4 rings (SSSR count). The summed E-state index contributed by atoms with van der Waals surface area (Å²) < 4.78 is 12.8. The van der Waals surface area contributed by atoms with Gasteiger partial charge in [0.05, 0.1) is 24.4 Å².